The highest BCUT2D eigenvalue weighted by Crippen LogP contribution is 2.24. The number of nitrogens with two attached hydrogens (primary N) is 1. The number of nitrogens with one attached hydrogen (secondary N) is 1. The van der Waals surface area contributed by atoms with Crippen molar-refractivity contribution in [3.8, 4) is 0 Å². The Morgan fingerprint density at radius 2 is 2.00 bits per heavy atom. The topological polar surface area (TPSA) is 92.4 Å². The van der Waals surface area contributed by atoms with Gasteiger partial charge in [0.2, 0.25) is 10.0 Å². The highest BCUT2D eigenvalue weighted by molar-refractivity contribution is 8.00. The third kappa shape index (κ3) is 6.69. The van der Waals surface area contributed by atoms with Crippen LogP contribution in [-0.4, -0.2) is 37.7 Å². The van der Waals surface area contributed by atoms with E-state index < -0.39 is 10.0 Å². The second-order valence-electron chi connectivity index (χ2n) is 5.19. The van der Waals surface area contributed by atoms with E-state index >= 15 is 0 Å². The normalized spacial score (nSPS) is 13.5. The maximum absolute atomic E-state index is 12.1. The van der Waals surface area contributed by atoms with E-state index in [4.69, 9.17) is 10.8 Å². The number of anilines is 1. The SMILES string of the molecule is CC(C)C(CCO)NS(=O)(=O)CCSc1ccccc1N. The number of sulfonamides is 1. The van der Waals surface area contributed by atoms with Crippen molar-refractivity contribution < 1.29 is 13.5 Å². The smallest absolute Gasteiger partial charge is 0.212 e. The first-order valence-electron chi connectivity index (χ1n) is 6.94. The van der Waals surface area contributed by atoms with E-state index in [2.05, 4.69) is 4.72 Å². The lowest BCUT2D eigenvalue weighted by Gasteiger charge is -2.21. The first-order chi connectivity index (χ1) is 9.85. The molecular weight excluding hydrogens is 308 g/mol. The number of thioether (sulfide) groups is 1. The minimum Gasteiger partial charge on any atom is -0.398 e. The number of para-hydroxylation sites is 1. The summed E-state index contributed by atoms with van der Waals surface area (Å²) in [6, 6.07) is 7.17. The van der Waals surface area contributed by atoms with Gasteiger partial charge < -0.3 is 10.8 Å². The van der Waals surface area contributed by atoms with Crippen molar-refractivity contribution in [1.29, 1.82) is 0 Å². The van der Waals surface area contributed by atoms with Gasteiger partial charge in [-0.05, 0) is 24.5 Å². The van der Waals surface area contributed by atoms with Crippen LogP contribution in [-0.2, 0) is 10.0 Å². The van der Waals surface area contributed by atoms with Crippen molar-refractivity contribution in [1.82, 2.24) is 4.72 Å². The summed E-state index contributed by atoms with van der Waals surface area (Å²) in [5, 5.41) is 8.98. The molecule has 0 fully saturated rings. The number of rotatable bonds is 9. The van der Waals surface area contributed by atoms with Gasteiger partial charge in [-0.1, -0.05) is 26.0 Å². The predicted octanol–water partition coefficient (Wildman–Crippen LogP) is 1.69. The number of aliphatic hydroxyl groups is 1. The summed E-state index contributed by atoms with van der Waals surface area (Å²) in [7, 11) is -3.35. The molecular formula is C14H24N2O3S2. The standard InChI is InChI=1S/C14H24N2O3S2/c1-11(2)13(7-8-17)16-21(18,19)10-9-20-14-6-4-3-5-12(14)15/h3-6,11,13,16-17H,7-10,15H2,1-2H3. The van der Waals surface area contributed by atoms with Gasteiger partial charge in [-0.15, -0.1) is 11.8 Å². The molecule has 0 aliphatic heterocycles. The average Bonchev–Trinajstić information content (AvgIpc) is 2.40. The van der Waals surface area contributed by atoms with Crippen molar-refractivity contribution in [2.75, 3.05) is 23.8 Å². The van der Waals surface area contributed by atoms with Crippen molar-refractivity contribution in [2.24, 2.45) is 5.92 Å². The van der Waals surface area contributed by atoms with Gasteiger partial charge in [0.25, 0.3) is 0 Å². The van der Waals surface area contributed by atoms with Gasteiger partial charge in [-0.25, -0.2) is 13.1 Å². The predicted molar refractivity (Wildman–Crippen MR) is 88.8 cm³/mol. The van der Waals surface area contributed by atoms with Gasteiger partial charge in [0.15, 0.2) is 0 Å². The Balaban J connectivity index is 2.51. The molecule has 0 aliphatic rings. The summed E-state index contributed by atoms with van der Waals surface area (Å²) >= 11 is 1.43. The number of benzene rings is 1. The molecule has 0 aliphatic carbocycles. The molecule has 1 rings (SSSR count). The minimum absolute atomic E-state index is 0.0271. The van der Waals surface area contributed by atoms with Gasteiger partial charge >= 0.3 is 0 Å². The molecule has 120 valence electrons. The molecule has 0 bridgehead atoms. The minimum atomic E-state index is -3.35. The Hall–Kier alpha value is -0.760. The summed E-state index contributed by atoms with van der Waals surface area (Å²) in [5.74, 6) is 0.609. The van der Waals surface area contributed by atoms with E-state index in [1.165, 1.54) is 11.8 Å². The summed E-state index contributed by atoms with van der Waals surface area (Å²) in [6.45, 7) is 3.84. The number of aliphatic hydroxyl groups excluding tert-OH is 1. The van der Waals surface area contributed by atoms with Crippen molar-refractivity contribution >= 4 is 27.5 Å². The zero-order valence-corrected chi connectivity index (χ0v) is 14.1. The Labute approximate surface area is 131 Å². The molecule has 1 aromatic rings. The van der Waals surface area contributed by atoms with Crippen molar-refractivity contribution in [3.63, 3.8) is 0 Å². The first-order valence-corrected chi connectivity index (χ1v) is 9.57. The fraction of sp³-hybridized carbons (Fsp3) is 0.571. The van der Waals surface area contributed by atoms with E-state index in [1.54, 1.807) is 6.07 Å². The molecule has 1 atom stereocenters. The highest BCUT2D eigenvalue weighted by atomic mass is 32.2. The average molecular weight is 332 g/mol. The van der Waals surface area contributed by atoms with E-state index in [9.17, 15) is 8.42 Å². The summed E-state index contributed by atoms with van der Waals surface area (Å²) < 4.78 is 26.8. The van der Waals surface area contributed by atoms with Gasteiger partial charge in [-0.2, -0.15) is 0 Å². The van der Waals surface area contributed by atoms with Gasteiger partial charge in [-0.3, -0.25) is 0 Å². The number of hydrogen-bond acceptors (Lipinski definition) is 5. The molecule has 0 aromatic heterocycles. The van der Waals surface area contributed by atoms with E-state index in [0.717, 1.165) is 4.90 Å². The van der Waals surface area contributed by atoms with Crippen molar-refractivity contribution in [3.05, 3.63) is 24.3 Å². The fourth-order valence-corrected chi connectivity index (χ4v) is 4.64. The Kier molecular flexibility index (Phi) is 7.51. The molecule has 0 saturated heterocycles. The van der Waals surface area contributed by atoms with Crippen LogP contribution < -0.4 is 10.5 Å². The van der Waals surface area contributed by atoms with Crippen LogP contribution in [0.1, 0.15) is 20.3 Å². The molecule has 1 aromatic carbocycles. The van der Waals surface area contributed by atoms with E-state index in [-0.39, 0.29) is 24.3 Å². The fourth-order valence-electron chi connectivity index (χ4n) is 1.83. The van der Waals surface area contributed by atoms with Crippen LogP contribution in [0.5, 0.6) is 0 Å². The molecule has 5 nitrogen and oxygen atoms in total. The summed E-state index contributed by atoms with van der Waals surface area (Å²) in [6.07, 6.45) is 0.426. The van der Waals surface area contributed by atoms with Crippen LogP contribution in [0.3, 0.4) is 0 Å². The molecule has 0 amide bonds. The lowest BCUT2D eigenvalue weighted by atomic mass is 10.0. The Bertz CT molecular complexity index is 533. The van der Waals surface area contributed by atoms with Crippen LogP contribution in [0.15, 0.2) is 29.2 Å². The monoisotopic (exact) mass is 332 g/mol. The quantitative estimate of drug-likeness (QED) is 0.473. The molecule has 0 spiro atoms. The highest BCUT2D eigenvalue weighted by Gasteiger charge is 2.20. The molecule has 21 heavy (non-hydrogen) atoms. The van der Waals surface area contributed by atoms with Gasteiger partial charge in [0, 0.05) is 29.0 Å². The molecule has 0 radical (unpaired) electrons. The molecule has 0 saturated carbocycles. The molecule has 7 heteroatoms. The molecule has 1 unspecified atom stereocenters. The summed E-state index contributed by atoms with van der Waals surface area (Å²) in [4.78, 5) is 0.892. The van der Waals surface area contributed by atoms with Crippen LogP contribution in [0.4, 0.5) is 5.69 Å². The van der Waals surface area contributed by atoms with Crippen molar-refractivity contribution in [2.45, 2.75) is 31.2 Å². The van der Waals surface area contributed by atoms with Gasteiger partial charge in [0.05, 0.1) is 5.75 Å². The zero-order chi connectivity index (χ0) is 15.9. The number of nitrogen functional groups attached to an aromatic ring is 1. The summed E-state index contributed by atoms with van der Waals surface area (Å²) in [5.41, 5.74) is 6.48. The molecule has 4 N–H and O–H groups in total. The lowest BCUT2D eigenvalue weighted by Crippen LogP contribution is -2.40. The molecule has 0 heterocycles. The Morgan fingerprint density at radius 1 is 1.33 bits per heavy atom. The largest absolute Gasteiger partial charge is 0.398 e. The Morgan fingerprint density at radius 3 is 2.57 bits per heavy atom. The zero-order valence-electron chi connectivity index (χ0n) is 12.5. The van der Waals surface area contributed by atoms with Crippen LogP contribution in [0.2, 0.25) is 0 Å². The second-order valence-corrected chi connectivity index (χ2v) is 8.20. The second kappa shape index (κ2) is 8.63. The third-order valence-electron chi connectivity index (χ3n) is 3.10. The van der Waals surface area contributed by atoms with E-state index in [0.29, 0.717) is 17.9 Å². The van der Waals surface area contributed by atoms with E-state index in [1.807, 2.05) is 32.0 Å². The number of hydrogen-bond donors (Lipinski definition) is 3. The maximum Gasteiger partial charge on any atom is 0.212 e. The van der Waals surface area contributed by atoms with Gasteiger partial charge in [0.1, 0.15) is 0 Å². The third-order valence-corrected chi connectivity index (χ3v) is 5.86. The first kappa shape index (κ1) is 18.3. The van der Waals surface area contributed by atoms with Crippen LogP contribution in [0, 0.1) is 5.92 Å². The van der Waals surface area contributed by atoms with Crippen LogP contribution in [0.25, 0.3) is 0 Å². The maximum atomic E-state index is 12.1. The lowest BCUT2D eigenvalue weighted by molar-refractivity contribution is 0.256. The van der Waals surface area contributed by atoms with Crippen LogP contribution >= 0.6 is 11.8 Å².